The summed E-state index contributed by atoms with van der Waals surface area (Å²) in [5.74, 6) is 0.135. The monoisotopic (exact) mass is 207 g/mol. The standard InChI is InChI=1S/C11H17N3O/c1-9-8-14(7-5-12-9)11(15)10-4-3-6-13(10)2/h3-4,6,9,12H,5,7-8H2,1-2H3/t9-/m1/s1. The Morgan fingerprint density at radius 3 is 3.00 bits per heavy atom. The molecule has 1 aliphatic rings. The van der Waals surface area contributed by atoms with Gasteiger partial charge in [0.1, 0.15) is 5.69 Å². The summed E-state index contributed by atoms with van der Waals surface area (Å²) in [6, 6.07) is 4.16. The van der Waals surface area contributed by atoms with Gasteiger partial charge in [0.15, 0.2) is 0 Å². The van der Waals surface area contributed by atoms with Gasteiger partial charge in [0, 0.05) is 38.9 Å². The number of carbonyl (C=O) groups is 1. The number of hydrogen-bond acceptors (Lipinski definition) is 2. The van der Waals surface area contributed by atoms with Crippen LogP contribution in [-0.4, -0.2) is 41.1 Å². The second-order valence-electron chi connectivity index (χ2n) is 4.11. The van der Waals surface area contributed by atoms with Crippen molar-refractivity contribution in [2.75, 3.05) is 19.6 Å². The van der Waals surface area contributed by atoms with E-state index in [-0.39, 0.29) is 5.91 Å². The molecule has 1 fully saturated rings. The molecule has 0 aromatic carbocycles. The van der Waals surface area contributed by atoms with E-state index >= 15 is 0 Å². The second-order valence-corrected chi connectivity index (χ2v) is 4.11. The summed E-state index contributed by atoms with van der Waals surface area (Å²) in [7, 11) is 1.90. The van der Waals surface area contributed by atoms with Crippen LogP contribution in [0.2, 0.25) is 0 Å². The second kappa shape index (κ2) is 4.06. The van der Waals surface area contributed by atoms with Gasteiger partial charge in [0.05, 0.1) is 0 Å². The third kappa shape index (κ3) is 2.04. The first-order valence-electron chi connectivity index (χ1n) is 5.32. The van der Waals surface area contributed by atoms with Crippen LogP contribution in [0, 0.1) is 0 Å². The SMILES string of the molecule is C[C@@H]1CN(C(=O)c2cccn2C)CCN1. The lowest BCUT2D eigenvalue weighted by atomic mass is 10.2. The molecule has 0 saturated carbocycles. The quantitative estimate of drug-likeness (QED) is 0.726. The van der Waals surface area contributed by atoms with Crippen molar-refractivity contribution in [3.05, 3.63) is 24.0 Å². The van der Waals surface area contributed by atoms with E-state index in [2.05, 4.69) is 12.2 Å². The lowest BCUT2D eigenvalue weighted by Crippen LogP contribution is -2.51. The Hall–Kier alpha value is -1.29. The highest BCUT2D eigenvalue weighted by Gasteiger charge is 2.22. The molecular formula is C11H17N3O. The molecule has 1 saturated heterocycles. The van der Waals surface area contributed by atoms with Crippen LogP contribution in [0.15, 0.2) is 18.3 Å². The van der Waals surface area contributed by atoms with E-state index < -0.39 is 0 Å². The summed E-state index contributed by atoms with van der Waals surface area (Å²) >= 11 is 0. The number of aryl methyl sites for hydroxylation is 1. The Morgan fingerprint density at radius 1 is 1.60 bits per heavy atom. The Kier molecular flexibility index (Phi) is 2.77. The van der Waals surface area contributed by atoms with Crippen LogP contribution in [-0.2, 0) is 7.05 Å². The molecule has 0 unspecified atom stereocenters. The molecule has 1 aliphatic heterocycles. The van der Waals surface area contributed by atoms with E-state index in [1.165, 1.54) is 0 Å². The van der Waals surface area contributed by atoms with Crippen molar-refractivity contribution in [1.29, 1.82) is 0 Å². The van der Waals surface area contributed by atoms with E-state index in [9.17, 15) is 4.79 Å². The third-order valence-electron chi connectivity index (χ3n) is 2.82. The predicted octanol–water partition coefficient (Wildman–Crippen LogP) is 0.459. The van der Waals surface area contributed by atoms with Gasteiger partial charge in [0.25, 0.3) is 5.91 Å². The smallest absolute Gasteiger partial charge is 0.270 e. The van der Waals surface area contributed by atoms with Crippen LogP contribution in [0.5, 0.6) is 0 Å². The van der Waals surface area contributed by atoms with Crippen molar-refractivity contribution < 1.29 is 4.79 Å². The van der Waals surface area contributed by atoms with Crippen molar-refractivity contribution >= 4 is 5.91 Å². The molecule has 1 amide bonds. The maximum atomic E-state index is 12.1. The van der Waals surface area contributed by atoms with Gasteiger partial charge in [0.2, 0.25) is 0 Å². The minimum atomic E-state index is 0.135. The first kappa shape index (κ1) is 10.2. The van der Waals surface area contributed by atoms with E-state index in [1.54, 1.807) is 0 Å². The Balaban J connectivity index is 2.11. The fourth-order valence-electron chi connectivity index (χ4n) is 1.96. The van der Waals surface area contributed by atoms with Crippen molar-refractivity contribution in [1.82, 2.24) is 14.8 Å². The largest absolute Gasteiger partial charge is 0.347 e. The molecule has 1 aromatic rings. The highest BCUT2D eigenvalue weighted by Crippen LogP contribution is 2.07. The highest BCUT2D eigenvalue weighted by atomic mass is 16.2. The summed E-state index contributed by atoms with van der Waals surface area (Å²) < 4.78 is 1.87. The van der Waals surface area contributed by atoms with Gasteiger partial charge >= 0.3 is 0 Å². The predicted molar refractivity (Wildman–Crippen MR) is 58.8 cm³/mol. The molecule has 1 aromatic heterocycles. The fraction of sp³-hybridized carbons (Fsp3) is 0.545. The number of aromatic nitrogens is 1. The van der Waals surface area contributed by atoms with Gasteiger partial charge in [-0.1, -0.05) is 0 Å². The molecule has 0 radical (unpaired) electrons. The molecule has 15 heavy (non-hydrogen) atoms. The van der Waals surface area contributed by atoms with E-state index in [1.807, 2.05) is 34.8 Å². The van der Waals surface area contributed by atoms with E-state index in [0.717, 1.165) is 25.3 Å². The molecule has 0 spiro atoms. The van der Waals surface area contributed by atoms with Gasteiger partial charge in [-0.15, -0.1) is 0 Å². The Bertz CT molecular complexity index is 358. The molecule has 82 valence electrons. The summed E-state index contributed by atoms with van der Waals surface area (Å²) in [4.78, 5) is 14.0. The summed E-state index contributed by atoms with van der Waals surface area (Å²) in [6.07, 6.45) is 1.90. The molecule has 2 heterocycles. The number of hydrogen-bond donors (Lipinski definition) is 1. The molecule has 0 bridgehead atoms. The van der Waals surface area contributed by atoms with E-state index in [0.29, 0.717) is 6.04 Å². The maximum Gasteiger partial charge on any atom is 0.270 e. The molecule has 1 atom stereocenters. The van der Waals surface area contributed by atoms with Crippen LogP contribution >= 0.6 is 0 Å². The molecular weight excluding hydrogens is 190 g/mol. The van der Waals surface area contributed by atoms with Crippen LogP contribution in [0.3, 0.4) is 0 Å². The summed E-state index contributed by atoms with van der Waals surface area (Å²) in [5.41, 5.74) is 0.768. The van der Waals surface area contributed by atoms with Crippen molar-refractivity contribution in [2.24, 2.45) is 7.05 Å². The van der Waals surface area contributed by atoms with Gasteiger partial charge in [-0.2, -0.15) is 0 Å². The fourth-order valence-corrected chi connectivity index (χ4v) is 1.96. The van der Waals surface area contributed by atoms with Gasteiger partial charge in [-0.25, -0.2) is 0 Å². The number of nitrogens with zero attached hydrogens (tertiary/aromatic N) is 2. The average molecular weight is 207 g/mol. The number of carbonyl (C=O) groups excluding carboxylic acids is 1. The Labute approximate surface area is 89.9 Å². The molecule has 0 aliphatic carbocycles. The lowest BCUT2D eigenvalue weighted by molar-refractivity contribution is 0.0699. The molecule has 4 heteroatoms. The maximum absolute atomic E-state index is 12.1. The zero-order valence-electron chi connectivity index (χ0n) is 9.23. The Morgan fingerprint density at radius 2 is 2.40 bits per heavy atom. The van der Waals surface area contributed by atoms with Gasteiger partial charge in [-0.05, 0) is 19.1 Å². The molecule has 2 rings (SSSR count). The topological polar surface area (TPSA) is 37.3 Å². The van der Waals surface area contributed by atoms with Crippen molar-refractivity contribution in [2.45, 2.75) is 13.0 Å². The number of nitrogens with one attached hydrogen (secondary N) is 1. The number of rotatable bonds is 1. The lowest BCUT2D eigenvalue weighted by Gasteiger charge is -2.31. The van der Waals surface area contributed by atoms with Crippen LogP contribution < -0.4 is 5.32 Å². The highest BCUT2D eigenvalue weighted by molar-refractivity contribution is 5.92. The minimum absolute atomic E-state index is 0.135. The van der Waals surface area contributed by atoms with Crippen LogP contribution in [0.25, 0.3) is 0 Å². The molecule has 1 N–H and O–H groups in total. The van der Waals surface area contributed by atoms with Gasteiger partial charge in [-0.3, -0.25) is 4.79 Å². The molecule has 4 nitrogen and oxygen atoms in total. The first-order chi connectivity index (χ1) is 7.18. The van der Waals surface area contributed by atoms with E-state index in [4.69, 9.17) is 0 Å². The normalized spacial score (nSPS) is 21.7. The van der Waals surface area contributed by atoms with Crippen molar-refractivity contribution in [3.63, 3.8) is 0 Å². The van der Waals surface area contributed by atoms with Crippen LogP contribution in [0.4, 0.5) is 0 Å². The van der Waals surface area contributed by atoms with Crippen molar-refractivity contribution in [3.8, 4) is 0 Å². The minimum Gasteiger partial charge on any atom is -0.347 e. The summed E-state index contributed by atoms with van der Waals surface area (Å²) in [6.45, 7) is 4.58. The van der Waals surface area contributed by atoms with Crippen LogP contribution in [0.1, 0.15) is 17.4 Å². The first-order valence-corrected chi connectivity index (χ1v) is 5.32. The number of amides is 1. The summed E-state index contributed by atoms with van der Waals surface area (Å²) in [5, 5.41) is 3.33. The van der Waals surface area contributed by atoms with Gasteiger partial charge < -0.3 is 14.8 Å². The third-order valence-corrected chi connectivity index (χ3v) is 2.82. The zero-order valence-corrected chi connectivity index (χ0v) is 9.23. The number of piperazine rings is 1. The average Bonchev–Trinajstić information content (AvgIpc) is 2.63. The zero-order chi connectivity index (χ0) is 10.8.